The molecule has 1 saturated heterocycles. The first-order valence-corrected chi connectivity index (χ1v) is 11.6. The van der Waals surface area contributed by atoms with Crippen LogP contribution in [0.3, 0.4) is 0 Å². The summed E-state index contributed by atoms with van der Waals surface area (Å²) in [5, 5.41) is 4.34. The summed E-state index contributed by atoms with van der Waals surface area (Å²) in [6.07, 6.45) is 0.133. The van der Waals surface area contributed by atoms with Gasteiger partial charge in [-0.05, 0) is 75.3 Å². The van der Waals surface area contributed by atoms with Crippen molar-refractivity contribution in [2.75, 3.05) is 19.8 Å². The van der Waals surface area contributed by atoms with Gasteiger partial charge in [0.2, 0.25) is 0 Å². The third-order valence-electron chi connectivity index (χ3n) is 5.38. The fourth-order valence-corrected chi connectivity index (χ4v) is 2.99. The average Bonchev–Trinajstić information content (AvgIpc) is 3.16. The molecule has 0 bridgehead atoms. The smallest absolute Gasteiger partial charge is 0.443 e. The predicted molar refractivity (Wildman–Crippen MR) is 128 cm³/mol. The molecule has 0 saturated carbocycles. The van der Waals surface area contributed by atoms with E-state index in [9.17, 15) is 9.59 Å². The molecule has 10 nitrogen and oxygen atoms in total. The molecule has 2 amide bonds. The molecule has 0 radical (unpaired) electrons. The summed E-state index contributed by atoms with van der Waals surface area (Å²) in [6.45, 7) is 19.3. The lowest BCUT2D eigenvalue weighted by Crippen LogP contribution is -2.45. The number of rotatable bonds is 7. The lowest BCUT2D eigenvalue weighted by Gasteiger charge is -2.32. The van der Waals surface area contributed by atoms with E-state index in [2.05, 4.69) is 5.10 Å². The molecule has 1 aromatic heterocycles. The van der Waals surface area contributed by atoms with E-state index in [0.29, 0.717) is 13.2 Å². The van der Waals surface area contributed by atoms with E-state index in [1.54, 1.807) is 52.4 Å². The second kappa shape index (κ2) is 10.3. The Balaban J connectivity index is 1.92. The maximum atomic E-state index is 12.5. The van der Waals surface area contributed by atoms with Crippen LogP contribution in [0.1, 0.15) is 69.2 Å². The molecule has 192 valence electrons. The summed E-state index contributed by atoms with van der Waals surface area (Å²) in [5.74, 6) is 0. The van der Waals surface area contributed by atoms with Gasteiger partial charge in [-0.25, -0.2) is 14.5 Å². The molecular formula is C23H40BN3O7. The van der Waals surface area contributed by atoms with Gasteiger partial charge in [0.15, 0.2) is 0 Å². The number of imide groups is 1. The summed E-state index contributed by atoms with van der Waals surface area (Å²) >= 11 is 0. The molecule has 2 heterocycles. The van der Waals surface area contributed by atoms with Gasteiger partial charge in [0.1, 0.15) is 11.2 Å². The van der Waals surface area contributed by atoms with Gasteiger partial charge in [-0.2, -0.15) is 5.10 Å². The zero-order valence-corrected chi connectivity index (χ0v) is 22.3. The minimum absolute atomic E-state index is 0.00693. The maximum absolute atomic E-state index is 12.5. The van der Waals surface area contributed by atoms with Crippen LogP contribution in [0.4, 0.5) is 9.59 Å². The van der Waals surface area contributed by atoms with E-state index in [1.165, 1.54) is 0 Å². The number of hydrogen-bond donors (Lipinski definition) is 0. The van der Waals surface area contributed by atoms with Crippen LogP contribution in [-0.4, -0.2) is 76.1 Å². The number of carbonyl (C=O) groups excluding carboxylic acids is 2. The van der Waals surface area contributed by atoms with Crippen molar-refractivity contribution in [3.05, 3.63) is 12.3 Å². The highest BCUT2D eigenvalue weighted by molar-refractivity contribution is 6.61. The van der Waals surface area contributed by atoms with Crippen LogP contribution < -0.4 is 5.59 Å². The van der Waals surface area contributed by atoms with Crippen LogP contribution in [0.15, 0.2) is 12.3 Å². The van der Waals surface area contributed by atoms with Crippen molar-refractivity contribution in [1.29, 1.82) is 0 Å². The molecule has 0 spiro atoms. The molecule has 1 fully saturated rings. The van der Waals surface area contributed by atoms with Gasteiger partial charge in [0.05, 0.1) is 43.1 Å². The van der Waals surface area contributed by atoms with Gasteiger partial charge in [-0.3, -0.25) is 4.68 Å². The largest absolute Gasteiger partial charge is 0.514 e. The number of ether oxygens (including phenoxy) is 3. The lowest BCUT2D eigenvalue weighted by molar-refractivity contribution is -0.00496. The number of carbonyl (C=O) groups is 2. The molecule has 34 heavy (non-hydrogen) atoms. The zero-order chi connectivity index (χ0) is 25.9. The summed E-state index contributed by atoms with van der Waals surface area (Å²) in [4.78, 5) is 26.0. The number of nitrogens with zero attached hydrogens (tertiary/aromatic N) is 3. The average molecular weight is 481 g/mol. The Morgan fingerprint density at radius 3 is 1.94 bits per heavy atom. The fraction of sp³-hybridized carbons (Fsp3) is 0.783. The number of amides is 2. The van der Waals surface area contributed by atoms with Crippen molar-refractivity contribution in [2.24, 2.45) is 0 Å². The minimum atomic E-state index is -0.777. The highest BCUT2D eigenvalue weighted by atomic mass is 16.7. The lowest BCUT2D eigenvalue weighted by atomic mass is 9.85. The van der Waals surface area contributed by atoms with Gasteiger partial charge < -0.3 is 23.5 Å². The van der Waals surface area contributed by atoms with Crippen molar-refractivity contribution >= 4 is 24.9 Å². The number of hydrogen-bond acceptors (Lipinski definition) is 8. The monoisotopic (exact) mass is 481 g/mol. The van der Waals surface area contributed by atoms with Gasteiger partial charge in [-0.1, -0.05) is 0 Å². The van der Waals surface area contributed by atoms with E-state index in [1.807, 2.05) is 33.8 Å². The number of aromatic nitrogens is 2. The molecule has 0 aromatic carbocycles. The Morgan fingerprint density at radius 1 is 0.971 bits per heavy atom. The molecule has 0 N–H and O–H groups in total. The van der Waals surface area contributed by atoms with Gasteiger partial charge in [0.25, 0.3) is 0 Å². The van der Waals surface area contributed by atoms with Crippen molar-refractivity contribution < 1.29 is 33.1 Å². The van der Waals surface area contributed by atoms with E-state index in [-0.39, 0.29) is 13.2 Å². The van der Waals surface area contributed by atoms with E-state index >= 15 is 0 Å². The van der Waals surface area contributed by atoms with Crippen LogP contribution in [0, 0.1) is 0 Å². The molecule has 1 aliphatic heterocycles. The quantitative estimate of drug-likeness (QED) is 0.432. The molecular weight excluding hydrogens is 441 g/mol. The Labute approximate surface area is 203 Å². The van der Waals surface area contributed by atoms with Crippen LogP contribution in [0.5, 0.6) is 0 Å². The normalized spacial score (nSPS) is 17.5. The van der Waals surface area contributed by atoms with Crippen molar-refractivity contribution in [2.45, 2.75) is 98.2 Å². The van der Waals surface area contributed by atoms with E-state index in [0.717, 1.165) is 10.5 Å². The van der Waals surface area contributed by atoms with Crippen molar-refractivity contribution in [1.82, 2.24) is 14.7 Å². The molecule has 0 unspecified atom stereocenters. The first-order chi connectivity index (χ1) is 15.4. The third kappa shape index (κ3) is 7.71. The highest BCUT2D eigenvalue weighted by Crippen LogP contribution is 2.36. The van der Waals surface area contributed by atoms with Gasteiger partial charge in [-0.15, -0.1) is 0 Å². The fourth-order valence-electron chi connectivity index (χ4n) is 2.99. The van der Waals surface area contributed by atoms with Crippen LogP contribution >= 0.6 is 0 Å². The van der Waals surface area contributed by atoms with Crippen LogP contribution in [-0.2, 0) is 30.1 Å². The van der Waals surface area contributed by atoms with Crippen LogP contribution in [0.25, 0.3) is 0 Å². The Kier molecular flexibility index (Phi) is 8.48. The molecule has 2 rings (SSSR count). The second-order valence-corrected chi connectivity index (χ2v) is 11.3. The summed E-state index contributed by atoms with van der Waals surface area (Å²) in [7, 11) is -0.526. The standard InChI is InChI=1S/C23H40BN3O7/c1-20(2,3)31-18(28)26(19(29)32-21(4,5)6)13-15-30-16-14-27-17(11-12-25-27)24-33-22(7,8)23(9,10)34-24/h11-12H,13-16H2,1-10H3. The molecule has 1 aliphatic rings. The SMILES string of the molecule is CC(C)(C)OC(=O)N(CCOCCn1nccc1B1OC(C)(C)C(C)(C)O1)C(=O)OC(C)(C)C. The Hall–Kier alpha value is -2.11. The van der Waals surface area contributed by atoms with E-state index in [4.69, 9.17) is 23.5 Å². The van der Waals surface area contributed by atoms with Crippen LogP contribution in [0.2, 0.25) is 0 Å². The predicted octanol–water partition coefficient (Wildman–Crippen LogP) is 3.37. The minimum Gasteiger partial charge on any atom is -0.443 e. The summed E-state index contributed by atoms with van der Waals surface area (Å²) < 4.78 is 30.4. The third-order valence-corrected chi connectivity index (χ3v) is 5.38. The van der Waals surface area contributed by atoms with Crippen molar-refractivity contribution in [3.63, 3.8) is 0 Å². The summed E-state index contributed by atoms with van der Waals surface area (Å²) in [5.41, 5.74) is -1.59. The van der Waals surface area contributed by atoms with Crippen molar-refractivity contribution in [3.8, 4) is 0 Å². The molecule has 11 heteroatoms. The molecule has 1 aromatic rings. The first-order valence-electron chi connectivity index (χ1n) is 11.6. The Bertz CT molecular complexity index is 811. The highest BCUT2D eigenvalue weighted by Gasteiger charge is 2.52. The topological polar surface area (TPSA) is 101 Å². The van der Waals surface area contributed by atoms with Gasteiger partial charge >= 0.3 is 19.3 Å². The van der Waals surface area contributed by atoms with Gasteiger partial charge in [0, 0.05) is 6.20 Å². The first kappa shape index (κ1) is 28.1. The zero-order valence-electron chi connectivity index (χ0n) is 22.3. The second-order valence-electron chi connectivity index (χ2n) is 11.3. The van der Waals surface area contributed by atoms with E-state index < -0.39 is 41.7 Å². The summed E-state index contributed by atoms with van der Waals surface area (Å²) in [6, 6.07) is 1.86. The Morgan fingerprint density at radius 2 is 1.47 bits per heavy atom. The molecule has 0 atom stereocenters. The maximum Gasteiger partial charge on any atom is 0.514 e. The molecule has 0 aliphatic carbocycles.